The van der Waals surface area contributed by atoms with Crippen LogP contribution in [0.25, 0.3) is 10.8 Å². The lowest BCUT2D eigenvalue weighted by atomic mass is 10.1. The first kappa shape index (κ1) is 20.8. The van der Waals surface area contributed by atoms with Gasteiger partial charge in [0.1, 0.15) is 4.90 Å². The van der Waals surface area contributed by atoms with Crippen LogP contribution in [0.3, 0.4) is 0 Å². The first-order valence-electron chi connectivity index (χ1n) is 7.76. The van der Waals surface area contributed by atoms with Crippen LogP contribution in [-0.4, -0.2) is 28.0 Å². The minimum absolute atomic E-state index is 0.00275. The van der Waals surface area contributed by atoms with Crippen molar-refractivity contribution in [1.29, 1.82) is 0 Å². The highest BCUT2D eigenvalue weighted by Crippen LogP contribution is 2.22. The van der Waals surface area contributed by atoms with Crippen molar-refractivity contribution < 1.29 is 25.6 Å². The molecule has 0 atom stereocenters. The average Bonchev–Trinajstić information content (AvgIpc) is 2.66. The van der Waals surface area contributed by atoms with E-state index in [0.717, 1.165) is 5.39 Å². The van der Waals surface area contributed by atoms with E-state index in [2.05, 4.69) is 10.8 Å². The molecule has 0 unspecified atom stereocenters. The van der Waals surface area contributed by atoms with Gasteiger partial charge >= 0.3 is 0 Å². The highest BCUT2D eigenvalue weighted by Gasteiger charge is 2.13. The number of hydrogen-bond acceptors (Lipinski definition) is 5. The van der Waals surface area contributed by atoms with Gasteiger partial charge in [0.05, 0.1) is 11.5 Å². The molecule has 3 aromatic rings. The zero-order valence-electron chi connectivity index (χ0n) is 14.2. The van der Waals surface area contributed by atoms with E-state index in [1.807, 2.05) is 6.07 Å². The highest BCUT2D eigenvalue weighted by atomic mass is 32.2. The standard InChI is InChI=1S/C10H8O3S.C9H10O3S/c11-14(12,13)10-7-3-5-8-4-1-2-6-9(8)10;1-2-8-12-13(10,11)9-6-4-3-5-7-9/h1-7H,(H,11,12,13);2-7H,1,8H2. The molecular weight excluding hydrogens is 388 g/mol. The van der Waals surface area contributed by atoms with Gasteiger partial charge < -0.3 is 0 Å². The van der Waals surface area contributed by atoms with Crippen LogP contribution >= 0.6 is 0 Å². The number of fused-ring (bicyclic) bond motifs is 1. The predicted octanol–water partition coefficient (Wildman–Crippen LogP) is 3.66. The quantitative estimate of drug-likeness (QED) is 0.394. The zero-order valence-corrected chi connectivity index (χ0v) is 15.9. The van der Waals surface area contributed by atoms with E-state index in [0.29, 0.717) is 5.39 Å². The minimum atomic E-state index is -4.13. The molecule has 8 heteroatoms. The molecule has 0 saturated heterocycles. The van der Waals surface area contributed by atoms with Crippen molar-refractivity contribution in [1.82, 2.24) is 0 Å². The van der Waals surface area contributed by atoms with Gasteiger partial charge in [0.2, 0.25) is 0 Å². The fourth-order valence-electron chi connectivity index (χ4n) is 2.21. The maximum absolute atomic E-state index is 11.3. The van der Waals surface area contributed by atoms with Crippen molar-refractivity contribution >= 4 is 31.0 Å². The van der Waals surface area contributed by atoms with E-state index in [4.69, 9.17) is 4.55 Å². The number of benzene rings is 3. The molecule has 142 valence electrons. The zero-order chi connectivity index (χ0) is 19.9. The molecule has 1 N–H and O–H groups in total. The Morgan fingerprint density at radius 2 is 1.44 bits per heavy atom. The van der Waals surface area contributed by atoms with Gasteiger partial charge in [0, 0.05) is 5.39 Å². The summed E-state index contributed by atoms with van der Waals surface area (Å²) in [6.45, 7) is 3.37. The number of rotatable bonds is 5. The van der Waals surface area contributed by atoms with Crippen LogP contribution in [0.15, 0.2) is 95.2 Å². The Labute approximate surface area is 158 Å². The van der Waals surface area contributed by atoms with E-state index in [9.17, 15) is 16.8 Å². The fourth-order valence-corrected chi connectivity index (χ4v) is 3.83. The summed E-state index contributed by atoms with van der Waals surface area (Å²) in [5.41, 5.74) is 0. The Bertz CT molecular complexity index is 1120. The molecule has 3 aromatic carbocycles. The SMILES string of the molecule is C=CCOS(=O)(=O)c1ccccc1.O=S(=O)(O)c1cccc2ccccc12. The molecule has 0 aliphatic heterocycles. The summed E-state index contributed by atoms with van der Waals surface area (Å²) < 4.78 is 58.2. The lowest BCUT2D eigenvalue weighted by Gasteiger charge is -2.02. The Hall–Kier alpha value is -2.52. The molecule has 0 aliphatic carbocycles. The van der Waals surface area contributed by atoms with Crippen LogP contribution in [0.5, 0.6) is 0 Å². The van der Waals surface area contributed by atoms with E-state index < -0.39 is 20.2 Å². The third-order valence-corrected chi connectivity index (χ3v) is 5.61. The second kappa shape index (κ2) is 8.92. The molecule has 0 fully saturated rings. The molecular formula is C19H18O6S2. The second-order valence-electron chi connectivity index (χ2n) is 5.29. The van der Waals surface area contributed by atoms with Crippen LogP contribution < -0.4 is 0 Å². The summed E-state index contributed by atoms with van der Waals surface area (Å²) >= 11 is 0. The van der Waals surface area contributed by atoms with Crippen molar-refractivity contribution in [2.45, 2.75) is 9.79 Å². The smallest absolute Gasteiger partial charge is 0.282 e. The van der Waals surface area contributed by atoms with Crippen molar-refractivity contribution in [2.75, 3.05) is 6.61 Å². The monoisotopic (exact) mass is 406 g/mol. The summed E-state index contributed by atoms with van der Waals surface area (Å²) in [4.78, 5) is 0.118. The van der Waals surface area contributed by atoms with Gasteiger partial charge in [-0.2, -0.15) is 16.8 Å². The van der Waals surface area contributed by atoms with Gasteiger partial charge in [-0.25, -0.2) is 0 Å². The Kier molecular flexibility index (Phi) is 6.86. The Morgan fingerprint density at radius 1 is 0.852 bits per heavy atom. The first-order valence-corrected chi connectivity index (χ1v) is 10.6. The third-order valence-electron chi connectivity index (χ3n) is 3.40. The molecule has 0 saturated carbocycles. The van der Waals surface area contributed by atoms with Crippen LogP contribution in [0.4, 0.5) is 0 Å². The highest BCUT2D eigenvalue weighted by molar-refractivity contribution is 7.86. The van der Waals surface area contributed by atoms with Crippen molar-refractivity contribution in [3.63, 3.8) is 0 Å². The molecule has 0 radical (unpaired) electrons. The van der Waals surface area contributed by atoms with Crippen molar-refractivity contribution in [2.24, 2.45) is 0 Å². The van der Waals surface area contributed by atoms with Gasteiger partial charge in [-0.1, -0.05) is 60.7 Å². The minimum Gasteiger partial charge on any atom is -0.282 e. The van der Waals surface area contributed by atoms with Gasteiger partial charge in [0.15, 0.2) is 0 Å². The van der Waals surface area contributed by atoms with Crippen LogP contribution in [0.1, 0.15) is 0 Å². The van der Waals surface area contributed by atoms with Gasteiger partial charge in [-0.15, -0.1) is 6.58 Å². The lowest BCUT2D eigenvalue weighted by molar-refractivity contribution is 0.357. The molecule has 0 aliphatic rings. The first-order chi connectivity index (χ1) is 12.8. The van der Waals surface area contributed by atoms with E-state index in [1.54, 1.807) is 48.5 Å². The summed E-state index contributed by atoms with van der Waals surface area (Å²) in [7, 11) is -7.72. The van der Waals surface area contributed by atoms with Gasteiger partial charge in [-0.3, -0.25) is 8.74 Å². The van der Waals surface area contributed by atoms with Crippen LogP contribution in [0.2, 0.25) is 0 Å². The van der Waals surface area contributed by atoms with Crippen LogP contribution in [0, 0.1) is 0 Å². The molecule has 0 spiro atoms. The molecule has 0 heterocycles. The normalized spacial score (nSPS) is 11.4. The topological polar surface area (TPSA) is 97.7 Å². The molecule has 0 bridgehead atoms. The van der Waals surface area contributed by atoms with Crippen molar-refractivity contribution in [3.8, 4) is 0 Å². The van der Waals surface area contributed by atoms with E-state index >= 15 is 0 Å². The third kappa shape index (κ3) is 5.73. The Morgan fingerprint density at radius 3 is 2.07 bits per heavy atom. The molecule has 0 aromatic heterocycles. The summed E-state index contributed by atoms with van der Waals surface area (Å²) in [6, 6.07) is 19.8. The van der Waals surface area contributed by atoms with Crippen LogP contribution in [-0.2, 0) is 24.4 Å². The predicted molar refractivity (Wildman–Crippen MR) is 104 cm³/mol. The maximum Gasteiger partial charge on any atom is 0.297 e. The summed E-state index contributed by atoms with van der Waals surface area (Å²) in [5, 5.41) is 1.33. The molecule has 27 heavy (non-hydrogen) atoms. The maximum atomic E-state index is 11.3. The molecule has 6 nitrogen and oxygen atoms in total. The Balaban J connectivity index is 0.000000194. The fraction of sp³-hybridized carbons (Fsp3) is 0.0526. The second-order valence-corrected chi connectivity index (χ2v) is 8.30. The van der Waals surface area contributed by atoms with Crippen molar-refractivity contribution in [3.05, 3.63) is 85.5 Å². The summed E-state index contributed by atoms with van der Waals surface area (Å²) in [6.07, 6.45) is 1.39. The number of hydrogen-bond donors (Lipinski definition) is 1. The molecule has 3 rings (SSSR count). The van der Waals surface area contributed by atoms with E-state index in [1.165, 1.54) is 24.3 Å². The largest absolute Gasteiger partial charge is 0.297 e. The van der Waals surface area contributed by atoms with Gasteiger partial charge in [0.25, 0.3) is 20.2 Å². The lowest BCUT2D eigenvalue weighted by Crippen LogP contribution is -2.05. The summed E-state index contributed by atoms with van der Waals surface area (Å²) in [5.74, 6) is 0. The van der Waals surface area contributed by atoms with Gasteiger partial charge in [-0.05, 0) is 23.6 Å². The molecule has 0 amide bonds. The average molecular weight is 406 g/mol. The van der Waals surface area contributed by atoms with E-state index in [-0.39, 0.29) is 16.4 Å².